The number of amides is 1. The Morgan fingerprint density at radius 3 is 2.35 bits per heavy atom. The van der Waals surface area contributed by atoms with Gasteiger partial charge in [0.05, 0.1) is 35.7 Å². The number of carbonyl (C=O) groups excluding carboxylic acids is 1. The number of carboxylic acid groups (broad SMARTS) is 1. The molecule has 0 atom stereocenters. The number of halogens is 4. The van der Waals surface area contributed by atoms with Gasteiger partial charge in [-0.25, -0.2) is 9.59 Å². The second kappa shape index (κ2) is 9.80. The van der Waals surface area contributed by atoms with E-state index in [0.29, 0.717) is 64.6 Å². The van der Waals surface area contributed by atoms with Gasteiger partial charge in [0.2, 0.25) is 0 Å². The van der Waals surface area contributed by atoms with E-state index in [1.165, 1.54) is 11.0 Å². The molecule has 0 bridgehead atoms. The van der Waals surface area contributed by atoms with Crippen molar-refractivity contribution in [2.75, 3.05) is 57.4 Å². The van der Waals surface area contributed by atoms with Crippen molar-refractivity contribution in [1.29, 1.82) is 0 Å². The van der Waals surface area contributed by atoms with Crippen molar-refractivity contribution in [1.82, 2.24) is 19.6 Å². The second-order valence-electron chi connectivity index (χ2n) is 8.03. The molecule has 2 aromatic rings. The summed E-state index contributed by atoms with van der Waals surface area (Å²) >= 11 is 5.83. The lowest BCUT2D eigenvalue weighted by molar-refractivity contribution is -0.137. The molecule has 0 aliphatic carbocycles. The van der Waals surface area contributed by atoms with Crippen LogP contribution >= 0.6 is 11.6 Å². The summed E-state index contributed by atoms with van der Waals surface area (Å²) in [6.45, 7) is 3.29. The molecule has 13 heteroatoms. The highest BCUT2D eigenvalue weighted by molar-refractivity contribution is 6.33. The van der Waals surface area contributed by atoms with Gasteiger partial charge in [0.25, 0.3) is 0 Å². The quantitative estimate of drug-likeness (QED) is 0.689. The summed E-state index contributed by atoms with van der Waals surface area (Å²) in [4.78, 5) is 29.0. The number of para-hydroxylation sites is 1. The largest absolute Gasteiger partial charge is 0.476 e. The minimum atomic E-state index is -4.48. The third-order valence-electron chi connectivity index (χ3n) is 5.86. The van der Waals surface area contributed by atoms with Crippen LogP contribution in [0.15, 0.2) is 24.4 Å². The van der Waals surface area contributed by atoms with E-state index in [4.69, 9.17) is 21.4 Å². The van der Waals surface area contributed by atoms with Gasteiger partial charge in [0.1, 0.15) is 0 Å². The van der Waals surface area contributed by atoms with Crippen molar-refractivity contribution in [3.05, 3.63) is 46.2 Å². The fourth-order valence-corrected chi connectivity index (χ4v) is 4.40. The van der Waals surface area contributed by atoms with Crippen LogP contribution in [0, 0.1) is 0 Å². The number of aromatic carboxylic acids is 1. The topological polar surface area (TPSA) is 91.1 Å². The van der Waals surface area contributed by atoms with Crippen LogP contribution in [-0.2, 0) is 17.5 Å². The molecule has 4 rings (SSSR count). The predicted molar refractivity (Wildman–Crippen MR) is 116 cm³/mol. The zero-order chi connectivity index (χ0) is 24.5. The predicted octanol–water partition coefficient (Wildman–Crippen LogP) is 2.88. The number of ether oxygens (including phenoxy) is 1. The summed E-state index contributed by atoms with van der Waals surface area (Å²) in [6.07, 6.45) is -3.33. The molecule has 1 amide bonds. The van der Waals surface area contributed by atoms with Crippen LogP contribution in [0.5, 0.6) is 0 Å². The lowest BCUT2D eigenvalue weighted by atomic mass is 10.0. The molecule has 2 saturated heterocycles. The maximum absolute atomic E-state index is 13.8. The number of anilines is 1. The molecule has 9 nitrogen and oxygen atoms in total. The van der Waals surface area contributed by atoms with Crippen LogP contribution in [0.25, 0.3) is 0 Å². The van der Waals surface area contributed by atoms with E-state index >= 15 is 0 Å². The lowest BCUT2D eigenvalue weighted by Gasteiger charge is -2.37. The third-order valence-corrected chi connectivity index (χ3v) is 6.13. The number of aromatic nitrogens is 2. The number of rotatable bonds is 4. The van der Waals surface area contributed by atoms with Crippen molar-refractivity contribution < 1.29 is 32.6 Å². The summed E-state index contributed by atoms with van der Waals surface area (Å²) in [5.74, 6) is -1.33. The Balaban J connectivity index is 1.46. The van der Waals surface area contributed by atoms with Crippen LogP contribution in [0.4, 0.5) is 23.7 Å². The Morgan fingerprint density at radius 1 is 1.09 bits per heavy atom. The Bertz CT molecular complexity index is 1060. The number of carboxylic acids is 1. The summed E-state index contributed by atoms with van der Waals surface area (Å²) in [5.41, 5.74) is -0.315. The first-order valence-corrected chi connectivity index (χ1v) is 11.0. The monoisotopic (exact) mass is 501 g/mol. The highest BCUT2D eigenvalue weighted by Crippen LogP contribution is 2.39. The molecule has 2 aliphatic rings. The van der Waals surface area contributed by atoms with Crippen LogP contribution < -0.4 is 4.90 Å². The maximum Gasteiger partial charge on any atom is 0.418 e. The maximum atomic E-state index is 13.8. The molecule has 2 aliphatic heterocycles. The van der Waals surface area contributed by atoms with Crippen LogP contribution in [0.3, 0.4) is 0 Å². The smallest absolute Gasteiger partial charge is 0.418 e. The fourth-order valence-electron chi connectivity index (χ4n) is 4.19. The Hall–Kier alpha value is -2.83. The van der Waals surface area contributed by atoms with Crippen molar-refractivity contribution in [2.45, 2.75) is 12.7 Å². The van der Waals surface area contributed by atoms with Crippen LogP contribution in [0.1, 0.15) is 21.6 Å². The molecule has 3 heterocycles. The number of alkyl halides is 3. The number of benzene rings is 1. The van der Waals surface area contributed by atoms with E-state index in [0.717, 1.165) is 16.9 Å². The number of hydrogen-bond donors (Lipinski definition) is 1. The molecule has 1 aromatic heterocycles. The van der Waals surface area contributed by atoms with Gasteiger partial charge in [-0.1, -0.05) is 23.7 Å². The summed E-state index contributed by atoms with van der Waals surface area (Å²) in [6, 6.07) is 3.72. The van der Waals surface area contributed by atoms with Gasteiger partial charge in [-0.2, -0.15) is 23.0 Å². The molecule has 2 fully saturated rings. The standard InChI is InChI=1S/C21H23ClF3N5O4/c22-16-13-30(26-17(16)19(31)32)20(33)29-6-4-27(5-7-29)12-14-2-1-3-15(21(23,24)25)18(14)28-8-10-34-11-9-28/h1-3,13H,4-12H2,(H,31,32). The van der Waals surface area contributed by atoms with Crippen LogP contribution in [0.2, 0.25) is 5.02 Å². The van der Waals surface area contributed by atoms with Gasteiger partial charge >= 0.3 is 18.2 Å². The molecule has 0 saturated carbocycles. The molecule has 0 radical (unpaired) electrons. The van der Waals surface area contributed by atoms with Gasteiger partial charge in [-0.15, -0.1) is 0 Å². The zero-order valence-corrected chi connectivity index (χ0v) is 18.8. The SMILES string of the molecule is O=C(O)c1nn(C(=O)N2CCN(Cc3cccc(C(F)(F)F)c3N3CCOCC3)CC2)cc1Cl. The lowest BCUT2D eigenvalue weighted by Crippen LogP contribution is -2.49. The van der Waals surface area contributed by atoms with Crippen molar-refractivity contribution in [2.24, 2.45) is 0 Å². The molecule has 1 aromatic carbocycles. The first-order valence-electron chi connectivity index (χ1n) is 10.7. The molecule has 0 unspecified atom stereocenters. The molecular formula is C21H23ClF3N5O4. The summed E-state index contributed by atoms with van der Waals surface area (Å²) in [7, 11) is 0. The van der Waals surface area contributed by atoms with Gasteiger partial charge < -0.3 is 19.6 Å². The fraction of sp³-hybridized carbons (Fsp3) is 0.476. The third kappa shape index (κ3) is 5.13. The molecule has 0 spiro atoms. The molecule has 34 heavy (non-hydrogen) atoms. The van der Waals surface area contributed by atoms with Crippen molar-refractivity contribution in [3.63, 3.8) is 0 Å². The highest BCUT2D eigenvalue weighted by atomic mass is 35.5. The van der Waals surface area contributed by atoms with Gasteiger partial charge in [-0.3, -0.25) is 4.90 Å². The van der Waals surface area contributed by atoms with E-state index in [2.05, 4.69) is 5.10 Å². The first kappa shape index (κ1) is 24.3. The Morgan fingerprint density at radius 2 is 1.76 bits per heavy atom. The van der Waals surface area contributed by atoms with Gasteiger partial charge in [-0.05, 0) is 11.6 Å². The van der Waals surface area contributed by atoms with Crippen LogP contribution in [-0.4, -0.2) is 89.2 Å². The Kier molecular flexibility index (Phi) is 7.01. The minimum Gasteiger partial charge on any atom is -0.476 e. The molecule has 184 valence electrons. The number of morpholine rings is 1. The number of carbonyl (C=O) groups is 2. The first-order chi connectivity index (χ1) is 16.1. The van der Waals surface area contributed by atoms with E-state index in [1.54, 1.807) is 11.0 Å². The van der Waals surface area contributed by atoms with E-state index < -0.39 is 29.4 Å². The summed E-state index contributed by atoms with van der Waals surface area (Å²) < 4.78 is 47.5. The average Bonchev–Trinajstić information content (AvgIpc) is 3.21. The summed E-state index contributed by atoms with van der Waals surface area (Å²) in [5, 5.41) is 12.6. The number of nitrogens with zero attached hydrogens (tertiary/aromatic N) is 5. The van der Waals surface area contributed by atoms with Crippen molar-refractivity contribution in [3.8, 4) is 0 Å². The van der Waals surface area contributed by atoms with E-state index in [9.17, 15) is 22.8 Å². The van der Waals surface area contributed by atoms with Gasteiger partial charge in [0.15, 0.2) is 5.69 Å². The van der Waals surface area contributed by atoms with Crippen molar-refractivity contribution >= 4 is 29.3 Å². The average molecular weight is 502 g/mol. The van der Waals surface area contributed by atoms with E-state index in [1.807, 2.05) is 4.90 Å². The Labute approximate surface area is 198 Å². The highest BCUT2D eigenvalue weighted by Gasteiger charge is 2.37. The number of piperazine rings is 1. The van der Waals surface area contributed by atoms with E-state index in [-0.39, 0.29) is 10.7 Å². The minimum absolute atomic E-state index is 0.139. The zero-order valence-electron chi connectivity index (χ0n) is 18.1. The molecular weight excluding hydrogens is 479 g/mol. The normalized spacial score (nSPS) is 17.8. The number of hydrogen-bond acceptors (Lipinski definition) is 6. The second-order valence-corrected chi connectivity index (χ2v) is 8.44. The van der Waals surface area contributed by atoms with Gasteiger partial charge in [0, 0.05) is 45.8 Å². The molecule has 1 N–H and O–H groups in total.